The second kappa shape index (κ2) is 12.6. The van der Waals surface area contributed by atoms with E-state index in [4.69, 9.17) is 4.74 Å². The average Bonchev–Trinajstić information content (AvgIpc) is 3.87. The summed E-state index contributed by atoms with van der Waals surface area (Å²) in [5.41, 5.74) is 4.04. The van der Waals surface area contributed by atoms with Crippen molar-refractivity contribution in [1.29, 1.82) is 0 Å². The van der Waals surface area contributed by atoms with E-state index in [2.05, 4.69) is 38.0 Å². The molecule has 7 nitrogen and oxygen atoms in total. The molecule has 2 aliphatic carbocycles. The standard InChI is InChI=1S/C25H33N5O2.2C2H6.H2/c31-24(27-15-16-7-9-26-10-8-16)20-5-6-23-25(29-20)32-12-11-30(23)19-13-21(17-1-2-17)28-22(14-19)18-3-4-18;2*1-2;/h5-6,13-14,16-18,21,26,28H,1-4,7-12,15H2,(H,27,31);2*1-2H3;1H. The minimum atomic E-state index is -0.113. The van der Waals surface area contributed by atoms with Crippen LogP contribution in [0.25, 0.3) is 0 Å². The molecule has 1 amide bonds. The maximum Gasteiger partial charge on any atom is 0.270 e. The number of pyridine rings is 1. The molecule has 3 N–H and O–H groups in total. The van der Waals surface area contributed by atoms with E-state index < -0.39 is 0 Å². The van der Waals surface area contributed by atoms with Gasteiger partial charge in [0.1, 0.15) is 18.0 Å². The molecule has 0 radical (unpaired) electrons. The van der Waals surface area contributed by atoms with Crippen LogP contribution in [-0.4, -0.2) is 49.7 Å². The SMILES string of the molecule is CC.CC.O=C(NCC1CCNCC1)c1ccc2c(n1)OCCN2C1=CC(C2CC2)NC(C2CC2)=C1.[HH]. The number of hydrogen-bond donors (Lipinski definition) is 3. The number of amides is 1. The van der Waals surface area contributed by atoms with Crippen LogP contribution in [0.2, 0.25) is 0 Å². The Hall–Kier alpha value is -2.54. The van der Waals surface area contributed by atoms with Gasteiger partial charge in [0.15, 0.2) is 0 Å². The van der Waals surface area contributed by atoms with Gasteiger partial charge < -0.3 is 25.6 Å². The Balaban J connectivity index is 0.000000727. The van der Waals surface area contributed by atoms with Crippen molar-refractivity contribution in [3.63, 3.8) is 0 Å². The van der Waals surface area contributed by atoms with E-state index in [-0.39, 0.29) is 7.33 Å². The van der Waals surface area contributed by atoms with Crippen LogP contribution in [0.4, 0.5) is 5.69 Å². The number of allylic oxidation sites excluding steroid dienone is 2. The smallest absolute Gasteiger partial charge is 0.270 e. The Bertz CT molecular complexity index is 952. The van der Waals surface area contributed by atoms with E-state index in [1.807, 2.05) is 39.8 Å². The van der Waals surface area contributed by atoms with Gasteiger partial charge in [-0.1, -0.05) is 27.7 Å². The fourth-order valence-corrected chi connectivity index (χ4v) is 5.08. The van der Waals surface area contributed by atoms with Crippen molar-refractivity contribution < 1.29 is 11.0 Å². The third kappa shape index (κ3) is 6.41. The monoisotopic (exact) mass is 497 g/mol. The summed E-state index contributed by atoms with van der Waals surface area (Å²) in [5.74, 6) is 2.46. The number of nitrogens with zero attached hydrogens (tertiary/aromatic N) is 2. The minimum Gasteiger partial charge on any atom is -0.474 e. The fourth-order valence-electron chi connectivity index (χ4n) is 5.08. The van der Waals surface area contributed by atoms with Gasteiger partial charge in [-0.2, -0.15) is 0 Å². The molecular formula is C29H47N5O2. The van der Waals surface area contributed by atoms with E-state index in [0.29, 0.717) is 42.6 Å². The number of carbonyl (C=O) groups is 1. The van der Waals surface area contributed by atoms with Gasteiger partial charge in [-0.3, -0.25) is 4.79 Å². The lowest BCUT2D eigenvalue weighted by Gasteiger charge is -2.35. The molecule has 5 aliphatic rings. The van der Waals surface area contributed by atoms with Crippen LogP contribution in [0.1, 0.15) is 78.1 Å². The first kappa shape index (κ1) is 26.5. The summed E-state index contributed by atoms with van der Waals surface area (Å²) in [7, 11) is 0. The van der Waals surface area contributed by atoms with E-state index in [9.17, 15) is 4.79 Å². The molecule has 1 aromatic rings. The fraction of sp³-hybridized carbons (Fsp3) is 0.655. The maximum absolute atomic E-state index is 12.7. The average molecular weight is 498 g/mol. The third-order valence-electron chi connectivity index (χ3n) is 7.37. The highest BCUT2D eigenvalue weighted by Crippen LogP contribution is 2.42. The van der Waals surface area contributed by atoms with Gasteiger partial charge in [0, 0.05) is 25.4 Å². The van der Waals surface area contributed by atoms with Gasteiger partial charge in [0.2, 0.25) is 5.88 Å². The number of fused-ring (bicyclic) bond motifs is 1. The zero-order valence-electron chi connectivity index (χ0n) is 22.6. The Morgan fingerprint density at radius 2 is 1.86 bits per heavy atom. The topological polar surface area (TPSA) is 78.5 Å². The van der Waals surface area contributed by atoms with Gasteiger partial charge in [-0.15, -0.1) is 0 Å². The third-order valence-corrected chi connectivity index (χ3v) is 7.37. The second-order valence-electron chi connectivity index (χ2n) is 9.90. The van der Waals surface area contributed by atoms with E-state index in [1.165, 1.54) is 37.1 Å². The van der Waals surface area contributed by atoms with Crippen molar-refractivity contribution in [3.8, 4) is 5.88 Å². The van der Waals surface area contributed by atoms with Gasteiger partial charge in [-0.05, 0) is 93.7 Å². The molecule has 7 heteroatoms. The molecule has 2 saturated carbocycles. The summed E-state index contributed by atoms with van der Waals surface area (Å²) < 4.78 is 5.90. The van der Waals surface area contributed by atoms with Crippen LogP contribution in [0.3, 0.4) is 0 Å². The number of hydrogen-bond acceptors (Lipinski definition) is 6. The Kier molecular flexibility index (Phi) is 9.30. The number of aromatic nitrogens is 1. The van der Waals surface area contributed by atoms with Crippen LogP contribution in [0.5, 0.6) is 5.88 Å². The van der Waals surface area contributed by atoms with Crippen LogP contribution in [-0.2, 0) is 0 Å². The summed E-state index contributed by atoms with van der Waals surface area (Å²) in [6, 6.07) is 4.27. The summed E-state index contributed by atoms with van der Waals surface area (Å²) in [6.07, 6.45) is 12.1. The van der Waals surface area contributed by atoms with Crippen LogP contribution >= 0.6 is 0 Å². The number of nitrogens with one attached hydrogen (secondary N) is 3. The molecule has 1 saturated heterocycles. The maximum atomic E-state index is 12.7. The Morgan fingerprint density at radius 3 is 2.56 bits per heavy atom. The molecular weight excluding hydrogens is 450 g/mol. The molecule has 6 rings (SSSR count). The number of anilines is 1. The van der Waals surface area contributed by atoms with Crippen molar-refractivity contribution in [2.24, 2.45) is 17.8 Å². The minimum absolute atomic E-state index is 0. The predicted molar refractivity (Wildman–Crippen MR) is 148 cm³/mol. The van der Waals surface area contributed by atoms with Crippen molar-refractivity contribution >= 4 is 11.6 Å². The Morgan fingerprint density at radius 1 is 1.11 bits per heavy atom. The molecule has 1 unspecified atom stereocenters. The van der Waals surface area contributed by atoms with Crippen LogP contribution in [0, 0.1) is 17.8 Å². The summed E-state index contributed by atoms with van der Waals surface area (Å²) in [6.45, 7) is 12.2. The first-order valence-corrected chi connectivity index (χ1v) is 14.3. The molecule has 0 aromatic carbocycles. The summed E-state index contributed by atoms with van der Waals surface area (Å²) >= 11 is 0. The zero-order valence-corrected chi connectivity index (χ0v) is 22.6. The number of piperidine rings is 1. The van der Waals surface area contributed by atoms with E-state index >= 15 is 0 Å². The first-order chi connectivity index (χ1) is 17.7. The lowest BCUT2D eigenvalue weighted by Crippen LogP contribution is -2.39. The molecule has 36 heavy (non-hydrogen) atoms. The van der Waals surface area contributed by atoms with Crippen LogP contribution in [0.15, 0.2) is 35.7 Å². The van der Waals surface area contributed by atoms with Gasteiger partial charge in [-0.25, -0.2) is 4.98 Å². The number of rotatable bonds is 6. The lowest BCUT2D eigenvalue weighted by atomic mass is 9.98. The second-order valence-corrected chi connectivity index (χ2v) is 9.90. The van der Waals surface area contributed by atoms with E-state index in [1.54, 1.807) is 0 Å². The number of carbonyl (C=O) groups excluding carboxylic acids is 1. The molecule has 0 bridgehead atoms. The molecule has 1 aromatic heterocycles. The van der Waals surface area contributed by atoms with Crippen molar-refractivity contribution in [2.75, 3.05) is 37.7 Å². The molecule has 3 aliphatic heterocycles. The predicted octanol–water partition coefficient (Wildman–Crippen LogP) is 4.87. The van der Waals surface area contributed by atoms with Crippen LogP contribution < -0.4 is 25.6 Å². The van der Waals surface area contributed by atoms with E-state index in [0.717, 1.165) is 44.1 Å². The van der Waals surface area contributed by atoms with Crippen molar-refractivity contribution in [3.05, 3.63) is 41.4 Å². The molecule has 4 heterocycles. The highest BCUT2D eigenvalue weighted by molar-refractivity contribution is 5.93. The lowest BCUT2D eigenvalue weighted by molar-refractivity contribution is 0.0938. The number of ether oxygens (including phenoxy) is 1. The highest BCUT2D eigenvalue weighted by Gasteiger charge is 2.37. The summed E-state index contributed by atoms with van der Waals surface area (Å²) in [4.78, 5) is 19.6. The molecule has 3 fully saturated rings. The van der Waals surface area contributed by atoms with Gasteiger partial charge in [0.25, 0.3) is 5.91 Å². The van der Waals surface area contributed by atoms with Gasteiger partial charge >= 0.3 is 0 Å². The normalized spacial score (nSPS) is 23.2. The van der Waals surface area contributed by atoms with Crippen molar-refractivity contribution in [1.82, 2.24) is 20.9 Å². The van der Waals surface area contributed by atoms with Gasteiger partial charge in [0.05, 0.1) is 6.54 Å². The largest absolute Gasteiger partial charge is 0.474 e. The first-order valence-electron chi connectivity index (χ1n) is 14.3. The summed E-state index contributed by atoms with van der Waals surface area (Å²) in [5, 5.41) is 10.2. The van der Waals surface area contributed by atoms with Crippen molar-refractivity contribution in [2.45, 2.75) is 72.3 Å². The molecule has 0 spiro atoms. The Labute approximate surface area is 218 Å². The highest BCUT2D eigenvalue weighted by atomic mass is 16.5. The molecule has 200 valence electrons. The zero-order chi connectivity index (χ0) is 25.5. The molecule has 1 atom stereocenters. The quantitative estimate of drug-likeness (QED) is 0.521. The number of dihydropyridines is 1.